The molecule has 0 atom stereocenters. The zero-order valence-corrected chi connectivity index (χ0v) is 14.0. The molecule has 112 valence electrons. The lowest BCUT2D eigenvalue weighted by Gasteiger charge is -2.01. The summed E-state index contributed by atoms with van der Waals surface area (Å²) < 4.78 is 0. The van der Waals surface area contributed by atoms with Gasteiger partial charge in [0, 0.05) is 16.0 Å². The van der Waals surface area contributed by atoms with Gasteiger partial charge in [-0.1, -0.05) is 48.0 Å². The first-order chi connectivity index (χ1) is 11.2. The van der Waals surface area contributed by atoms with Crippen LogP contribution in [0.4, 0.5) is 0 Å². The van der Waals surface area contributed by atoms with Gasteiger partial charge in [-0.3, -0.25) is 0 Å². The van der Waals surface area contributed by atoms with E-state index in [1.807, 2.05) is 49.4 Å². The molecule has 2 nitrogen and oxygen atoms in total. The first-order valence-corrected chi connectivity index (χ1v) is 8.50. The Hall–Kier alpha value is -2.23. The number of aryl methyl sites for hydroxylation is 1. The molecule has 0 bridgehead atoms. The molecule has 0 spiro atoms. The molecule has 23 heavy (non-hydrogen) atoms. The largest absolute Gasteiger partial charge is 0.247 e. The highest BCUT2D eigenvalue weighted by molar-refractivity contribution is 7.18. The molecule has 0 radical (unpaired) electrons. The van der Waals surface area contributed by atoms with E-state index >= 15 is 0 Å². The van der Waals surface area contributed by atoms with E-state index in [4.69, 9.17) is 21.6 Å². The van der Waals surface area contributed by atoms with Crippen LogP contribution in [0.1, 0.15) is 5.69 Å². The van der Waals surface area contributed by atoms with E-state index in [9.17, 15) is 0 Å². The van der Waals surface area contributed by atoms with Crippen LogP contribution in [0.15, 0.2) is 60.7 Å². The average molecular weight is 337 g/mol. The lowest BCUT2D eigenvalue weighted by atomic mass is 10.2. The number of fused-ring (bicyclic) bond motifs is 1. The Kier molecular flexibility index (Phi) is 3.60. The molecule has 2 aromatic carbocycles. The fourth-order valence-corrected chi connectivity index (χ4v) is 3.71. The quantitative estimate of drug-likeness (QED) is 0.449. The molecule has 4 heteroatoms. The predicted molar refractivity (Wildman–Crippen MR) is 98.0 cm³/mol. The number of para-hydroxylation sites is 1. The first-order valence-electron chi connectivity index (χ1n) is 7.30. The summed E-state index contributed by atoms with van der Waals surface area (Å²) in [5, 5.41) is 2.87. The molecule has 2 heterocycles. The minimum absolute atomic E-state index is 0.735. The van der Waals surface area contributed by atoms with E-state index in [-0.39, 0.29) is 0 Å². The number of nitrogens with zero attached hydrogens (tertiary/aromatic N) is 2. The number of pyridine rings is 1. The van der Waals surface area contributed by atoms with Crippen LogP contribution in [-0.4, -0.2) is 9.97 Å². The smallest absolute Gasteiger partial charge is 0.124 e. The van der Waals surface area contributed by atoms with Crippen LogP contribution in [0.2, 0.25) is 5.02 Å². The van der Waals surface area contributed by atoms with Gasteiger partial charge in [0.2, 0.25) is 0 Å². The third-order valence-corrected chi connectivity index (χ3v) is 5.20. The van der Waals surface area contributed by atoms with Gasteiger partial charge < -0.3 is 0 Å². The highest BCUT2D eigenvalue weighted by Crippen LogP contribution is 2.35. The molecule has 4 rings (SSSR count). The van der Waals surface area contributed by atoms with E-state index in [0.29, 0.717) is 0 Å². The van der Waals surface area contributed by atoms with Gasteiger partial charge in [0.05, 0.1) is 21.8 Å². The third kappa shape index (κ3) is 2.74. The van der Waals surface area contributed by atoms with Gasteiger partial charge >= 0.3 is 0 Å². The Morgan fingerprint density at radius 3 is 2.48 bits per heavy atom. The van der Waals surface area contributed by atoms with Gasteiger partial charge in [-0.2, -0.15) is 0 Å². The van der Waals surface area contributed by atoms with Gasteiger partial charge in [0.1, 0.15) is 5.01 Å². The monoisotopic (exact) mass is 336 g/mol. The summed E-state index contributed by atoms with van der Waals surface area (Å²) in [7, 11) is 0. The minimum Gasteiger partial charge on any atom is -0.247 e. The van der Waals surface area contributed by atoms with Crippen LogP contribution in [0.25, 0.3) is 32.0 Å². The maximum absolute atomic E-state index is 5.96. The SMILES string of the molecule is Cc1nc(-c2ccc(Cl)cc2)sc1-c1ccc2ccccc2n1. The van der Waals surface area contributed by atoms with Gasteiger partial charge in [0.15, 0.2) is 0 Å². The Bertz CT molecular complexity index is 990. The maximum Gasteiger partial charge on any atom is 0.124 e. The predicted octanol–water partition coefficient (Wildman–Crippen LogP) is 5.99. The van der Waals surface area contributed by atoms with Crippen molar-refractivity contribution in [3.8, 4) is 21.1 Å². The van der Waals surface area contributed by atoms with E-state index in [1.54, 1.807) is 11.3 Å². The van der Waals surface area contributed by atoms with Crippen LogP contribution in [-0.2, 0) is 0 Å². The van der Waals surface area contributed by atoms with E-state index in [2.05, 4.69) is 18.2 Å². The van der Waals surface area contributed by atoms with Crippen LogP contribution < -0.4 is 0 Å². The normalized spacial score (nSPS) is 11.0. The second-order valence-electron chi connectivity index (χ2n) is 5.33. The second kappa shape index (κ2) is 5.76. The first kappa shape index (κ1) is 14.4. The van der Waals surface area contributed by atoms with Gasteiger partial charge in [-0.25, -0.2) is 9.97 Å². The molecule has 0 unspecified atom stereocenters. The topological polar surface area (TPSA) is 25.8 Å². The van der Waals surface area contributed by atoms with E-state index in [0.717, 1.165) is 42.8 Å². The standard InChI is InChI=1S/C19H13ClN2S/c1-12-18(17-11-8-13-4-2-3-5-16(13)22-17)23-19(21-12)14-6-9-15(20)10-7-14/h2-11H,1H3. The van der Waals surface area contributed by atoms with Crippen LogP contribution in [0, 0.1) is 6.92 Å². The van der Waals surface area contributed by atoms with Crippen molar-refractivity contribution in [3.05, 3.63) is 71.4 Å². The minimum atomic E-state index is 0.735. The molecule has 0 saturated heterocycles. The molecular formula is C19H13ClN2S. The number of thiazole rings is 1. The van der Waals surface area contributed by atoms with E-state index < -0.39 is 0 Å². The van der Waals surface area contributed by atoms with Gasteiger partial charge in [0.25, 0.3) is 0 Å². The number of hydrogen-bond acceptors (Lipinski definition) is 3. The molecule has 0 aliphatic rings. The maximum atomic E-state index is 5.96. The molecule has 4 aromatic rings. The number of aromatic nitrogens is 2. The van der Waals surface area contributed by atoms with Gasteiger partial charge in [-0.05, 0) is 31.2 Å². The zero-order chi connectivity index (χ0) is 15.8. The number of rotatable bonds is 2. The van der Waals surface area contributed by atoms with Crippen molar-refractivity contribution >= 4 is 33.8 Å². The highest BCUT2D eigenvalue weighted by atomic mass is 35.5. The summed E-state index contributed by atoms with van der Waals surface area (Å²) in [4.78, 5) is 10.6. The fraction of sp³-hybridized carbons (Fsp3) is 0.0526. The summed E-state index contributed by atoms with van der Waals surface area (Å²) in [6.07, 6.45) is 0. The van der Waals surface area contributed by atoms with Crippen molar-refractivity contribution in [2.75, 3.05) is 0 Å². The lowest BCUT2D eigenvalue weighted by molar-refractivity contribution is 1.26. The van der Waals surface area contributed by atoms with Crippen LogP contribution in [0.3, 0.4) is 0 Å². The van der Waals surface area contributed by atoms with Gasteiger partial charge in [-0.15, -0.1) is 11.3 Å². The van der Waals surface area contributed by atoms with Crippen molar-refractivity contribution < 1.29 is 0 Å². The summed E-state index contributed by atoms with van der Waals surface area (Å²) in [5.74, 6) is 0. The summed E-state index contributed by atoms with van der Waals surface area (Å²) in [5.41, 5.74) is 4.06. The van der Waals surface area contributed by atoms with Crippen molar-refractivity contribution in [2.24, 2.45) is 0 Å². The number of hydrogen-bond donors (Lipinski definition) is 0. The molecular weight excluding hydrogens is 324 g/mol. The third-order valence-electron chi connectivity index (χ3n) is 3.72. The molecule has 0 N–H and O–H groups in total. The Labute approximate surface area is 143 Å². The molecule has 0 aliphatic heterocycles. The number of benzene rings is 2. The molecule has 2 aromatic heterocycles. The van der Waals surface area contributed by atoms with Crippen molar-refractivity contribution in [1.29, 1.82) is 0 Å². The summed E-state index contributed by atoms with van der Waals surface area (Å²) in [6, 6.07) is 20.1. The molecule has 0 saturated carbocycles. The Morgan fingerprint density at radius 2 is 1.65 bits per heavy atom. The van der Waals surface area contributed by atoms with E-state index in [1.165, 1.54) is 0 Å². The Balaban J connectivity index is 1.80. The second-order valence-corrected chi connectivity index (χ2v) is 6.77. The Morgan fingerprint density at radius 1 is 0.870 bits per heavy atom. The summed E-state index contributed by atoms with van der Waals surface area (Å²) >= 11 is 7.62. The summed E-state index contributed by atoms with van der Waals surface area (Å²) in [6.45, 7) is 2.03. The molecule has 0 aliphatic carbocycles. The molecule has 0 amide bonds. The van der Waals surface area contributed by atoms with Crippen molar-refractivity contribution in [3.63, 3.8) is 0 Å². The van der Waals surface area contributed by atoms with Crippen molar-refractivity contribution in [2.45, 2.75) is 6.92 Å². The van der Waals surface area contributed by atoms with Crippen LogP contribution >= 0.6 is 22.9 Å². The lowest BCUT2D eigenvalue weighted by Crippen LogP contribution is -1.84. The average Bonchev–Trinajstić information content (AvgIpc) is 2.97. The van der Waals surface area contributed by atoms with Crippen LogP contribution in [0.5, 0.6) is 0 Å². The fourth-order valence-electron chi connectivity index (χ4n) is 2.54. The van der Waals surface area contributed by atoms with Crippen molar-refractivity contribution in [1.82, 2.24) is 9.97 Å². The zero-order valence-electron chi connectivity index (χ0n) is 12.5. The highest BCUT2D eigenvalue weighted by Gasteiger charge is 2.12. The number of halogens is 1. The molecule has 0 fully saturated rings.